The normalized spacial score (nSPS) is 27.8. The first-order chi connectivity index (χ1) is 8.78. The van der Waals surface area contributed by atoms with Gasteiger partial charge in [0.25, 0.3) is 0 Å². The molecule has 2 atom stereocenters. The minimum atomic E-state index is -3.69. The molecule has 108 valence electrons. The monoisotopic (exact) mass is 288 g/mol. The third-order valence-corrected chi connectivity index (χ3v) is 5.25. The zero-order chi connectivity index (χ0) is 14.3. The van der Waals surface area contributed by atoms with Gasteiger partial charge in [0.05, 0.1) is 11.6 Å². The number of sulfonamides is 1. The minimum absolute atomic E-state index is 0.0181. The Morgan fingerprint density at radius 2 is 2.37 bits per heavy atom. The second kappa shape index (κ2) is 4.77. The predicted molar refractivity (Wildman–Crippen MR) is 71.1 cm³/mol. The van der Waals surface area contributed by atoms with Crippen molar-refractivity contribution in [2.75, 3.05) is 12.3 Å². The van der Waals surface area contributed by atoms with Gasteiger partial charge >= 0.3 is 0 Å². The zero-order valence-corrected chi connectivity index (χ0v) is 12.2. The average molecular weight is 288 g/mol. The average Bonchev–Trinajstić information content (AvgIpc) is 2.83. The second-order valence-corrected chi connectivity index (χ2v) is 6.67. The maximum Gasteiger partial charge on any atom is 0.246 e. The summed E-state index contributed by atoms with van der Waals surface area (Å²) in [7, 11) is -3.69. The first-order valence-electron chi connectivity index (χ1n) is 6.27. The summed E-state index contributed by atoms with van der Waals surface area (Å²) in [6.07, 6.45) is 1.90. The van der Waals surface area contributed by atoms with Gasteiger partial charge in [0.1, 0.15) is 4.90 Å². The zero-order valence-electron chi connectivity index (χ0n) is 11.4. The lowest BCUT2D eigenvalue weighted by Gasteiger charge is -2.28. The molecule has 0 spiro atoms. The van der Waals surface area contributed by atoms with Crippen LogP contribution in [0, 0.1) is 0 Å². The van der Waals surface area contributed by atoms with Crippen molar-refractivity contribution in [3.05, 3.63) is 6.20 Å². The molecular formula is C11H20N4O3S. The molecule has 0 aromatic carbocycles. The van der Waals surface area contributed by atoms with Crippen molar-refractivity contribution >= 4 is 15.8 Å². The number of hydrogen-bond acceptors (Lipinski definition) is 5. The van der Waals surface area contributed by atoms with Gasteiger partial charge in [-0.25, -0.2) is 13.1 Å². The smallest absolute Gasteiger partial charge is 0.246 e. The summed E-state index contributed by atoms with van der Waals surface area (Å²) in [5, 5.41) is 3.96. The summed E-state index contributed by atoms with van der Waals surface area (Å²) in [6, 6.07) is 0. The molecule has 3 N–H and O–H groups in total. The summed E-state index contributed by atoms with van der Waals surface area (Å²) in [4.78, 5) is 0.0228. The van der Waals surface area contributed by atoms with Crippen molar-refractivity contribution < 1.29 is 13.2 Å². The van der Waals surface area contributed by atoms with Crippen molar-refractivity contribution in [3.8, 4) is 0 Å². The maximum atomic E-state index is 12.4. The number of nitrogens with zero attached hydrogens (tertiary/aromatic N) is 2. The summed E-state index contributed by atoms with van der Waals surface area (Å²) in [5.41, 5.74) is 5.06. The molecule has 0 radical (unpaired) electrons. The number of ether oxygens (including phenoxy) is 1. The molecule has 2 rings (SSSR count). The Bertz CT molecular complexity index is 568. The summed E-state index contributed by atoms with van der Waals surface area (Å²) < 4.78 is 34.4. The lowest BCUT2D eigenvalue weighted by Crippen LogP contribution is -2.50. The molecule has 19 heavy (non-hydrogen) atoms. The topological polar surface area (TPSA) is 99.2 Å². The van der Waals surface area contributed by atoms with Crippen LogP contribution in [0.5, 0.6) is 0 Å². The van der Waals surface area contributed by atoms with Crippen LogP contribution in [0.25, 0.3) is 0 Å². The molecule has 1 fully saturated rings. The third-order valence-electron chi connectivity index (χ3n) is 3.62. The fourth-order valence-corrected chi connectivity index (χ4v) is 3.69. The van der Waals surface area contributed by atoms with Gasteiger partial charge in [-0.1, -0.05) is 0 Å². The predicted octanol–water partition coefficient (Wildman–Crippen LogP) is 0.331. The van der Waals surface area contributed by atoms with Gasteiger partial charge in [0.15, 0.2) is 5.82 Å². The number of nitrogen functional groups attached to an aromatic ring is 1. The van der Waals surface area contributed by atoms with E-state index < -0.39 is 15.6 Å². The van der Waals surface area contributed by atoms with E-state index in [1.54, 1.807) is 0 Å². The first kappa shape index (κ1) is 14.3. The number of nitrogens with one attached hydrogen (secondary N) is 1. The number of aryl methyl sites for hydroxylation is 1. The summed E-state index contributed by atoms with van der Waals surface area (Å²) >= 11 is 0. The van der Waals surface area contributed by atoms with Gasteiger partial charge in [0.2, 0.25) is 10.0 Å². The largest absolute Gasteiger partial charge is 0.381 e. The summed E-state index contributed by atoms with van der Waals surface area (Å²) in [5.74, 6) is 0.0181. The van der Waals surface area contributed by atoms with Crippen LogP contribution in [0.1, 0.15) is 27.2 Å². The molecular weight excluding hydrogens is 268 g/mol. The van der Waals surface area contributed by atoms with Gasteiger partial charge in [-0.15, -0.1) is 0 Å². The maximum absolute atomic E-state index is 12.4. The number of rotatable bonds is 4. The molecule has 1 saturated heterocycles. The van der Waals surface area contributed by atoms with Gasteiger partial charge in [-0.05, 0) is 27.2 Å². The van der Waals surface area contributed by atoms with Crippen LogP contribution >= 0.6 is 0 Å². The molecule has 8 heteroatoms. The van der Waals surface area contributed by atoms with E-state index in [1.807, 2.05) is 20.8 Å². The van der Waals surface area contributed by atoms with Crippen LogP contribution in [0.3, 0.4) is 0 Å². The molecule has 1 aliphatic heterocycles. The highest BCUT2D eigenvalue weighted by Gasteiger charge is 2.41. The Balaban J connectivity index is 2.30. The van der Waals surface area contributed by atoms with E-state index in [4.69, 9.17) is 10.5 Å². The second-order valence-electron chi connectivity index (χ2n) is 5.02. The molecule has 1 aromatic rings. The van der Waals surface area contributed by atoms with Crippen LogP contribution in [0.4, 0.5) is 5.82 Å². The van der Waals surface area contributed by atoms with Crippen molar-refractivity contribution in [3.63, 3.8) is 0 Å². The highest BCUT2D eigenvalue weighted by atomic mass is 32.2. The van der Waals surface area contributed by atoms with Gasteiger partial charge in [-0.2, -0.15) is 5.10 Å². The SMILES string of the molecule is CCn1cc(S(=O)(=O)NC2(C)CCOC2C)c(N)n1. The van der Waals surface area contributed by atoms with E-state index in [0.29, 0.717) is 19.6 Å². The number of hydrogen-bond donors (Lipinski definition) is 2. The molecule has 0 bridgehead atoms. The highest BCUT2D eigenvalue weighted by Crippen LogP contribution is 2.28. The Kier molecular flexibility index (Phi) is 3.59. The molecule has 7 nitrogen and oxygen atoms in total. The number of anilines is 1. The van der Waals surface area contributed by atoms with Gasteiger partial charge < -0.3 is 10.5 Å². The Morgan fingerprint density at radius 1 is 1.68 bits per heavy atom. The fourth-order valence-electron chi connectivity index (χ4n) is 2.12. The van der Waals surface area contributed by atoms with Crippen LogP contribution in [0.2, 0.25) is 0 Å². The molecule has 1 aromatic heterocycles. The van der Waals surface area contributed by atoms with E-state index in [0.717, 1.165) is 0 Å². The Morgan fingerprint density at radius 3 is 2.84 bits per heavy atom. The molecule has 2 heterocycles. The van der Waals surface area contributed by atoms with E-state index >= 15 is 0 Å². The van der Waals surface area contributed by atoms with Gasteiger partial charge in [-0.3, -0.25) is 4.68 Å². The Hall–Kier alpha value is -1.12. The summed E-state index contributed by atoms with van der Waals surface area (Å²) in [6.45, 7) is 6.67. The molecule has 2 unspecified atom stereocenters. The number of aromatic nitrogens is 2. The fraction of sp³-hybridized carbons (Fsp3) is 0.727. The van der Waals surface area contributed by atoms with Gasteiger partial charge in [0, 0.05) is 19.3 Å². The van der Waals surface area contributed by atoms with Crippen LogP contribution in [-0.4, -0.2) is 36.4 Å². The molecule has 1 aliphatic rings. The molecule has 0 aliphatic carbocycles. The van der Waals surface area contributed by atoms with E-state index in [2.05, 4.69) is 9.82 Å². The van der Waals surface area contributed by atoms with E-state index in [-0.39, 0.29) is 16.8 Å². The van der Waals surface area contributed by atoms with Crippen LogP contribution in [-0.2, 0) is 21.3 Å². The van der Waals surface area contributed by atoms with E-state index in [1.165, 1.54) is 10.9 Å². The van der Waals surface area contributed by atoms with Crippen molar-refractivity contribution in [2.45, 2.75) is 50.3 Å². The molecule has 0 amide bonds. The minimum Gasteiger partial charge on any atom is -0.381 e. The van der Waals surface area contributed by atoms with Crippen molar-refractivity contribution in [2.24, 2.45) is 0 Å². The first-order valence-corrected chi connectivity index (χ1v) is 7.75. The number of nitrogens with two attached hydrogens (primary N) is 1. The lowest BCUT2D eigenvalue weighted by atomic mass is 9.97. The molecule has 0 saturated carbocycles. The lowest BCUT2D eigenvalue weighted by molar-refractivity contribution is 0.0957. The van der Waals surface area contributed by atoms with Crippen LogP contribution in [0.15, 0.2) is 11.1 Å². The Labute approximate surface area is 113 Å². The standard InChI is InChI=1S/C11H20N4O3S/c1-4-15-7-9(10(12)13-15)19(16,17)14-11(3)5-6-18-8(11)2/h7-8,14H,4-6H2,1-3H3,(H2,12,13). The van der Waals surface area contributed by atoms with Crippen molar-refractivity contribution in [1.29, 1.82) is 0 Å². The highest BCUT2D eigenvalue weighted by molar-refractivity contribution is 7.89. The van der Waals surface area contributed by atoms with Crippen molar-refractivity contribution in [1.82, 2.24) is 14.5 Å². The third kappa shape index (κ3) is 2.60. The van der Waals surface area contributed by atoms with E-state index in [9.17, 15) is 8.42 Å². The van der Waals surface area contributed by atoms with Crippen LogP contribution < -0.4 is 10.5 Å². The quantitative estimate of drug-likeness (QED) is 0.832.